The lowest BCUT2D eigenvalue weighted by Gasteiger charge is -2.05. The van der Waals surface area contributed by atoms with Crippen LogP contribution in [0.15, 0.2) is 18.2 Å². The standard InChI is InChI=1S/C9H14N2O/c1-7-2-3-8(6-9(7)12)11-5-4-10/h2-3,6,11-12H,4-5,10H2,1H3. The molecule has 0 aliphatic rings. The number of aryl methyl sites for hydroxylation is 1. The van der Waals surface area contributed by atoms with Crippen molar-refractivity contribution in [2.75, 3.05) is 18.4 Å². The van der Waals surface area contributed by atoms with Gasteiger partial charge in [-0.05, 0) is 18.6 Å². The molecule has 12 heavy (non-hydrogen) atoms. The molecule has 0 bridgehead atoms. The maximum absolute atomic E-state index is 9.33. The molecule has 0 aromatic heterocycles. The molecule has 0 atom stereocenters. The second-order valence-corrected chi connectivity index (χ2v) is 2.72. The van der Waals surface area contributed by atoms with Crippen molar-refractivity contribution in [1.82, 2.24) is 0 Å². The molecule has 1 rings (SSSR count). The number of phenolic OH excluding ortho intramolecular Hbond substituents is 1. The van der Waals surface area contributed by atoms with Crippen LogP contribution in [-0.4, -0.2) is 18.2 Å². The first-order valence-corrected chi connectivity index (χ1v) is 3.97. The highest BCUT2D eigenvalue weighted by Gasteiger charge is 1.96. The van der Waals surface area contributed by atoms with Gasteiger partial charge in [-0.15, -0.1) is 0 Å². The summed E-state index contributed by atoms with van der Waals surface area (Å²) in [7, 11) is 0. The fourth-order valence-electron chi connectivity index (χ4n) is 0.936. The van der Waals surface area contributed by atoms with Crippen LogP contribution in [-0.2, 0) is 0 Å². The van der Waals surface area contributed by atoms with Crippen molar-refractivity contribution < 1.29 is 5.11 Å². The summed E-state index contributed by atoms with van der Waals surface area (Å²) in [6.07, 6.45) is 0. The number of aromatic hydroxyl groups is 1. The zero-order valence-electron chi connectivity index (χ0n) is 7.17. The molecule has 1 aromatic rings. The average molecular weight is 166 g/mol. The lowest BCUT2D eigenvalue weighted by molar-refractivity contribution is 0.471. The monoisotopic (exact) mass is 166 g/mol. The Bertz CT molecular complexity index is 261. The van der Waals surface area contributed by atoms with Crippen molar-refractivity contribution in [2.24, 2.45) is 5.73 Å². The molecule has 3 heteroatoms. The number of rotatable bonds is 3. The van der Waals surface area contributed by atoms with Crippen molar-refractivity contribution in [3.63, 3.8) is 0 Å². The summed E-state index contributed by atoms with van der Waals surface area (Å²) in [5.41, 5.74) is 7.11. The van der Waals surface area contributed by atoms with E-state index in [2.05, 4.69) is 5.32 Å². The summed E-state index contributed by atoms with van der Waals surface area (Å²) in [5.74, 6) is 0.317. The number of nitrogens with one attached hydrogen (secondary N) is 1. The Kier molecular flexibility index (Phi) is 2.94. The van der Waals surface area contributed by atoms with Crippen LogP contribution in [0.4, 0.5) is 5.69 Å². The van der Waals surface area contributed by atoms with Gasteiger partial charge in [0.25, 0.3) is 0 Å². The molecular weight excluding hydrogens is 152 g/mol. The number of hydrogen-bond donors (Lipinski definition) is 3. The van der Waals surface area contributed by atoms with Gasteiger partial charge in [0, 0.05) is 24.8 Å². The molecule has 3 nitrogen and oxygen atoms in total. The van der Waals surface area contributed by atoms with Crippen LogP contribution in [0.25, 0.3) is 0 Å². The van der Waals surface area contributed by atoms with Crippen LogP contribution in [0.2, 0.25) is 0 Å². The summed E-state index contributed by atoms with van der Waals surface area (Å²) in [5, 5.41) is 12.4. The highest BCUT2D eigenvalue weighted by molar-refractivity contribution is 5.50. The van der Waals surface area contributed by atoms with E-state index in [4.69, 9.17) is 5.73 Å². The number of benzene rings is 1. The number of anilines is 1. The number of nitrogens with two attached hydrogens (primary N) is 1. The smallest absolute Gasteiger partial charge is 0.120 e. The molecule has 0 heterocycles. The Hall–Kier alpha value is -1.22. The normalized spacial score (nSPS) is 9.83. The minimum Gasteiger partial charge on any atom is -0.508 e. The molecule has 66 valence electrons. The topological polar surface area (TPSA) is 58.3 Å². The average Bonchev–Trinajstić information content (AvgIpc) is 2.07. The van der Waals surface area contributed by atoms with E-state index in [9.17, 15) is 5.11 Å². The predicted molar refractivity (Wildman–Crippen MR) is 50.4 cm³/mol. The van der Waals surface area contributed by atoms with E-state index in [0.29, 0.717) is 12.3 Å². The number of hydrogen-bond acceptors (Lipinski definition) is 3. The first-order chi connectivity index (χ1) is 5.74. The van der Waals surface area contributed by atoms with E-state index < -0.39 is 0 Å². The zero-order valence-corrected chi connectivity index (χ0v) is 7.17. The van der Waals surface area contributed by atoms with E-state index in [1.165, 1.54) is 0 Å². The molecule has 0 saturated heterocycles. The van der Waals surface area contributed by atoms with Crippen molar-refractivity contribution in [1.29, 1.82) is 0 Å². The molecular formula is C9H14N2O. The Morgan fingerprint density at radius 3 is 2.83 bits per heavy atom. The van der Waals surface area contributed by atoms with Gasteiger partial charge in [0.05, 0.1) is 0 Å². The molecule has 4 N–H and O–H groups in total. The van der Waals surface area contributed by atoms with Crippen molar-refractivity contribution in [3.05, 3.63) is 23.8 Å². The fraction of sp³-hybridized carbons (Fsp3) is 0.333. The van der Waals surface area contributed by atoms with Gasteiger partial charge in [-0.2, -0.15) is 0 Å². The fourth-order valence-corrected chi connectivity index (χ4v) is 0.936. The quantitative estimate of drug-likeness (QED) is 0.629. The van der Waals surface area contributed by atoms with Gasteiger partial charge in [-0.25, -0.2) is 0 Å². The zero-order chi connectivity index (χ0) is 8.97. The van der Waals surface area contributed by atoms with Crippen LogP contribution in [0.3, 0.4) is 0 Å². The van der Waals surface area contributed by atoms with E-state index >= 15 is 0 Å². The van der Waals surface area contributed by atoms with Crippen LogP contribution >= 0.6 is 0 Å². The van der Waals surface area contributed by atoms with Crippen molar-refractivity contribution in [3.8, 4) is 5.75 Å². The predicted octanol–water partition coefficient (Wildman–Crippen LogP) is 1.07. The highest BCUT2D eigenvalue weighted by Crippen LogP contribution is 2.20. The van der Waals surface area contributed by atoms with Gasteiger partial charge >= 0.3 is 0 Å². The molecule has 0 radical (unpaired) electrons. The van der Waals surface area contributed by atoms with E-state index in [0.717, 1.165) is 17.8 Å². The Morgan fingerprint density at radius 2 is 2.25 bits per heavy atom. The van der Waals surface area contributed by atoms with Crippen LogP contribution in [0, 0.1) is 6.92 Å². The summed E-state index contributed by atoms with van der Waals surface area (Å²) < 4.78 is 0. The maximum atomic E-state index is 9.33. The third-order valence-electron chi connectivity index (χ3n) is 1.68. The summed E-state index contributed by atoms with van der Waals surface area (Å²) in [6, 6.07) is 5.49. The largest absolute Gasteiger partial charge is 0.508 e. The minimum atomic E-state index is 0.317. The summed E-state index contributed by atoms with van der Waals surface area (Å²) in [6.45, 7) is 3.18. The van der Waals surface area contributed by atoms with Gasteiger partial charge in [0.2, 0.25) is 0 Å². The Labute approximate surface area is 72.2 Å². The maximum Gasteiger partial charge on any atom is 0.120 e. The van der Waals surface area contributed by atoms with Gasteiger partial charge in [0.15, 0.2) is 0 Å². The van der Waals surface area contributed by atoms with E-state index in [1.807, 2.05) is 19.1 Å². The number of phenols is 1. The Balaban J connectivity index is 2.69. The lowest BCUT2D eigenvalue weighted by atomic mass is 10.2. The van der Waals surface area contributed by atoms with Crippen molar-refractivity contribution >= 4 is 5.69 Å². The van der Waals surface area contributed by atoms with Crippen LogP contribution in [0.5, 0.6) is 5.75 Å². The van der Waals surface area contributed by atoms with Gasteiger partial charge < -0.3 is 16.2 Å². The first kappa shape index (κ1) is 8.87. The third kappa shape index (κ3) is 2.13. The molecule has 0 saturated carbocycles. The third-order valence-corrected chi connectivity index (χ3v) is 1.68. The van der Waals surface area contributed by atoms with Crippen LogP contribution in [0.1, 0.15) is 5.56 Å². The molecule has 0 fully saturated rings. The van der Waals surface area contributed by atoms with Gasteiger partial charge in [-0.3, -0.25) is 0 Å². The molecule has 1 aromatic carbocycles. The highest BCUT2D eigenvalue weighted by atomic mass is 16.3. The minimum absolute atomic E-state index is 0.317. The van der Waals surface area contributed by atoms with E-state index in [-0.39, 0.29) is 0 Å². The molecule has 0 spiro atoms. The van der Waals surface area contributed by atoms with Gasteiger partial charge in [0.1, 0.15) is 5.75 Å². The second-order valence-electron chi connectivity index (χ2n) is 2.72. The van der Waals surface area contributed by atoms with E-state index in [1.54, 1.807) is 6.07 Å². The molecule has 0 aliphatic carbocycles. The summed E-state index contributed by atoms with van der Waals surface area (Å²) >= 11 is 0. The van der Waals surface area contributed by atoms with Crippen molar-refractivity contribution in [2.45, 2.75) is 6.92 Å². The molecule has 0 amide bonds. The second kappa shape index (κ2) is 3.97. The first-order valence-electron chi connectivity index (χ1n) is 3.97. The summed E-state index contributed by atoms with van der Waals surface area (Å²) in [4.78, 5) is 0. The lowest BCUT2D eigenvalue weighted by Crippen LogP contribution is -2.12. The van der Waals surface area contributed by atoms with Gasteiger partial charge in [-0.1, -0.05) is 6.07 Å². The Morgan fingerprint density at radius 1 is 1.50 bits per heavy atom. The molecule has 0 aliphatic heterocycles. The SMILES string of the molecule is Cc1ccc(NCCN)cc1O. The molecule has 0 unspecified atom stereocenters. The van der Waals surface area contributed by atoms with Crippen LogP contribution < -0.4 is 11.1 Å².